The van der Waals surface area contributed by atoms with Crippen LogP contribution in [0.2, 0.25) is 0 Å². The SMILES string of the molecule is CCCNc1ccccc1C(=O)N1[C@H](C)CCC[C@@H]1C. The minimum Gasteiger partial charge on any atom is -0.384 e. The molecule has 2 atom stereocenters. The molecule has 0 saturated carbocycles. The molecule has 1 N–H and O–H groups in total. The number of rotatable bonds is 4. The van der Waals surface area contributed by atoms with E-state index in [0.717, 1.165) is 37.1 Å². The minimum absolute atomic E-state index is 0.170. The van der Waals surface area contributed by atoms with Gasteiger partial charge in [0.2, 0.25) is 0 Å². The van der Waals surface area contributed by atoms with Gasteiger partial charge in [-0.3, -0.25) is 4.79 Å². The summed E-state index contributed by atoms with van der Waals surface area (Å²) in [6, 6.07) is 8.55. The Morgan fingerprint density at radius 2 is 1.90 bits per heavy atom. The van der Waals surface area contributed by atoms with Crippen LogP contribution in [0.3, 0.4) is 0 Å². The van der Waals surface area contributed by atoms with Gasteiger partial charge in [0.1, 0.15) is 0 Å². The predicted molar refractivity (Wildman–Crippen MR) is 84.2 cm³/mol. The zero-order chi connectivity index (χ0) is 14.5. The van der Waals surface area contributed by atoms with Crippen LogP contribution in [0.4, 0.5) is 5.69 Å². The van der Waals surface area contributed by atoms with E-state index in [-0.39, 0.29) is 5.91 Å². The molecule has 1 aliphatic rings. The van der Waals surface area contributed by atoms with E-state index < -0.39 is 0 Å². The molecule has 1 aromatic carbocycles. The Balaban J connectivity index is 2.23. The molecule has 1 saturated heterocycles. The Bertz CT molecular complexity index is 448. The molecule has 2 rings (SSSR count). The highest BCUT2D eigenvalue weighted by molar-refractivity contribution is 6.00. The minimum atomic E-state index is 0.170. The van der Waals surface area contributed by atoms with Crippen molar-refractivity contribution in [1.29, 1.82) is 0 Å². The van der Waals surface area contributed by atoms with E-state index in [0.29, 0.717) is 12.1 Å². The molecular weight excluding hydrogens is 248 g/mol. The summed E-state index contributed by atoms with van der Waals surface area (Å²) in [5, 5.41) is 3.37. The zero-order valence-corrected chi connectivity index (χ0v) is 12.9. The van der Waals surface area contributed by atoms with E-state index in [1.807, 2.05) is 24.3 Å². The molecule has 1 heterocycles. The lowest BCUT2D eigenvalue weighted by Crippen LogP contribution is -2.47. The maximum atomic E-state index is 12.9. The van der Waals surface area contributed by atoms with E-state index in [1.165, 1.54) is 6.42 Å². The van der Waals surface area contributed by atoms with Gasteiger partial charge in [0.05, 0.1) is 5.56 Å². The van der Waals surface area contributed by atoms with Crippen molar-refractivity contribution in [3.05, 3.63) is 29.8 Å². The normalized spacial score (nSPS) is 22.6. The van der Waals surface area contributed by atoms with Crippen molar-refractivity contribution in [2.24, 2.45) is 0 Å². The van der Waals surface area contributed by atoms with Gasteiger partial charge < -0.3 is 10.2 Å². The number of nitrogens with zero attached hydrogens (tertiary/aromatic N) is 1. The summed E-state index contributed by atoms with van der Waals surface area (Å²) in [5.41, 5.74) is 1.77. The van der Waals surface area contributed by atoms with Crippen molar-refractivity contribution < 1.29 is 4.79 Å². The molecule has 1 aliphatic heterocycles. The first-order valence-electron chi connectivity index (χ1n) is 7.80. The van der Waals surface area contributed by atoms with Crippen LogP contribution in [0.1, 0.15) is 56.8 Å². The number of hydrogen-bond acceptors (Lipinski definition) is 2. The lowest BCUT2D eigenvalue weighted by Gasteiger charge is -2.39. The first-order valence-corrected chi connectivity index (χ1v) is 7.80. The summed E-state index contributed by atoms with van der Waals surface area (Å²) in [4.78, 5) is 15.0. The molecule has 0 unspecified atom stereocenters. The van der Waals surface area contributed by atoms with Crippen molar-refractivity contribution in [3.8, 4) is 0 Å². The van der Waals surface area contributed by atoms with Gasteiger partial charge in [-0.15, -0.1) is 0 Å². The maximum absolute atomic E-state index is 12.9. The van der Waals surface area contributed by atoms with Gasteiger partial charge in [-0.1, -0.05) is 19.1 Å². The lowest BCUT2D eigenvalue weighted by atomic mass is 9.96. The fourth-order valence-electron chi connectivity index (χ4n) is 3.04. The smallest absolute Gasteiger partial charge is 0.256 e. The molecule has 0 aromatic heterocycles. The molecule has 1 aromatic rings. The quantitative estimate of drug-likeness (QED) is 0.902. The van der Waals surface area contributed by atoms with Crippen LogP contribution in [0.15, 0.2) is 24.3 Å². The molecule has 20 heavy (non-hydrogen) atoms. The van der Waals surface area contributed by atoms with Crippen LogP contribution in [0, 0.1) is 0 Å². The standard InChI is InChI=1S/C17H26N2O/c1-4-12-18-16-11-6-5-10-15(16)17(20)19-13(2)8-7-9-14(19)3/h5-6,10-11,13-14,18H,4,7-9,12H2,1-3H3/t13-,14+. The van der Waals surface area contributed by atoms with Gasteiger partial charge in [0.15, 0.2) is 0 Å². The average molecular weight is 274 g/mol. The number of piperidine rings is 1. The van der Waals surface area contributed by atoms with Crippen LogP contribution in [-0.2, 0) is 0 Å². The number of carbonyl (C=O) groups is 1. The zero-order valence-electron chi connectivity index (χ0n) is 12.9. The van der Waals surface area contributed by atoms with Gasteiger partial charge in [-0.25, -0.2) is 0 Å². The molecule has 1 fully saturated rings. The summed E-state index contributed by atoms with van der Waals surface area (Å²) < 4.78 is 0. The Morgan fingerprint density at radius 3 is 2.55 bits per heavy atom. The second-order valence-electron chi connectivity index (χ2n) is 5.81. The first kappa shape index (κ1) is 14.9. The van der Waals surface area contributed by atoms with Crippen LogP contribution >= 0.6 is 0 Å². The molecule has 1 amide bonds. The van der Waals surface area contributed by atoms with Crippen LogP contribution in [0.5, 0.6) is 0 Å². The lowest BCUT2D eigenvalue weighted by molar-refractivity contribution is 0.0512. The van der Waals surface area contributed by atoms with Crippen molar-refractivity contribution in [1.82, 2.24) is 4.90 Å². The van der Waals surface area contributed by atoms with E-state index in [1.54, 1.807) is 0 Å². The summed E-state index contributed by atoms with van der Waals surface area (Å²) >= 11 is 0. The summed E-state index contributed by atoms with van der Waals surface area (Å²) in [6.07, 6.45) is 4.50. The Labute approximate surface area is 122 Å². The first-order chi connectivity index (χ1) is 9.65. The predicted octanol–water partition coefficient (Wildman–Crippen LogP) is 3.91. The third-order valence-electron chi connectivity index (χ3n) is 4.15. The largest absolute Gasteiger partial charge is 0.384 e. The fourth-order valence-corrected chi connectivity index (χ4v) is 3.04. The van der Waals surface area contributed by atoms with Crippen molar-refractivity contribution >= 4 is 11.6 Å². The third kappa shape index (κ3) is 3.14. The third-order valence-corrected chi connectivity index (χ3v) is 4.15. The van der Waals surface area contributed by atoms with E-state index in [4.69, 9.17) is 0 Å². The number of para-hydroxylation sites is 1. The molecule has 0 radical (unpaired) electrons. The highest BCUT2D eigenvalue weighted by Gasteiger charge is 2.30. The molecule has 3 heteroatoms. The van der Waals surface area contributed by atoms with Crippen molar-refractivity contribution in [2.75, 3.05) is 11.9 Å². The van der Waals surface area contributed by atoms with Gasteiger partial charge in [-0.2, -0.15) is 0 Å². The summed E-state index contributed by atoms with van der Waals surface area (Å²) in [5.74, 6) is 0.170. The number of nitrogens with one attached hydrogen (secondary N) is 1. The highest BCUT2D eigenvalue weighted by atomic mass is 16.2. The van der Waals surface area contributed by atoms with Gasteiger partial charge >= 0.3 is 0 Å². The molecule has 3 nitrogen and oxygen atoms in total. The number of likely N-dealkylation sites (tertiary alicyclic amines) is 1. The van der Waals surface area contributed by atoms with Crippen LogP contribution in [-0.4, -0.2) is 29.4 Å². The fraction of sp³-hybridized carbons (Fsp3) is 0.588. The Kier molecular flexibility index (Phi) is 5.05. The Hall–Kier alpha value is -1.51. The Morgan fingerprint density at radius 1 is 1.25 bits per heavy atom. The molecule has 0 spiro atoms. The van der Waals surface area contributed by atoms with Gasteiger partial charge in [-0.05, 0) is 51.7 Å². The van der Waals surface area contributed by atoms with Crippen LogP contribution in [0.25, 0.3) is 0 Å². The van der Waals surface area contributed by atoms with E-state index >= 15 is 0 Å². The second-order valence-corrected chi connectivity index (χ2v) is 5.81. The van der Waals surface area contributed by atoms with Crippen molar-refractivity contribution in [2.45, 2.75) is 58.5 Å². The van der Waals surface area contributed by atoms with Crippen molar-refractivity contribution in [3.63, 3.8) is 0 Å². The molecule has 0 aliphatic carbocycles. The number of hydrogen-bond donors (Lipinski definition) is 1. The number of anilines is 1. The second kappa shape index (κ2) is 6.78. The highest BCUT2D eigenvalue weighted by Crippen LogP contribution is 2.27. The van der Waals surface area contributed by atoms with E-state index in [2.05, 4.69) is 31.0 Å². The maximum Gasteiger partial charge on any atom is 0.256 e. The number of carbonyl (C=O) groups excluding carboxylic acids is 1. The van der Waals surface area contributed by atoms with E-state index in [9.17, 15) is 4.79 Å². The molecular formula is C17H26N2O. The number of amides is 1. The van der Waals surface area contributed by atoms with Gasteiger partial charge in [0, 0.05) is 24.3 Å². The summed E-state index contributed by atoms with van der Waals surface area (Å²) in [7, 11) is 0. The van der Waals surface area contributed by atoms with Gasteiger partial charge in [0.25, 0.3) is 5.91 Å². The number of benzene rings is 1. The average Bonchev–Trinajstić information content (AvgIpc) is 2.45. The molecule has 0 bridgehead atoms. The summed E-state index contributed by atoms with van der Waals surface area (Å²) in [6.45, 7) is 7.35. The monoisotopic (exact) mass is 274 g/mol. The van der Waals surface area contributed by atoms with Crippen LogP contribution < -0.4 is 5.32 Å². The topological polar surface area (TPSA) is 32.3 Å². The molecule has 110 valence electrons.